The molecule has 6 rings (SSSR count). The van der Waals surface area contributed by atoms with E-state index < -0.39 is 6.16 Å². The van der Waals surface area contributed by atoms with Gasteiger partial charge in [-0.15, -0.1) is 0 Å². The Morgan fingerprint density at radius 2 is 0.980 bits per heavy atom. The maximum atomic E-state index is 13.2. The predicted octanol–water partition coefficient (Wildman–Crippen LogP) is 10.7. The highest BCUT2D eigenvalue weighted by Crippen LogP contribution is 2.32. The number of nitrogens with zero attached hydrogens (tertiary/aromatic N) is 4. The summed E-state index contributed by atoms with van der Waals surface area (Å²) in [6, 6.07) is 18.0. The lowest BCUT2D eigenvalue weighted by atomic mass is 10.0. The molecule has 6 aromatic rings. The van der Waals surface area contributed by atoms with Crippen molar-refractivity contribution >= 4 is 51.4 Å². The minimum absolute atomic E-state index is 0.0695. The Labute approximate surface area is 300 Å². The third-order valence-corrected chi connectivity index (χ3v) is 9.05. The normalized spacial score (nSPS) is 11.2. The molecule has 0 unspecified atom stereocenters. The Balaban J connectivity index is 1.26. The number of aryl methyl sites for hydroxylation is 4. The van der Waals surface area contributed by atoms with Crippen LogP contribution >= 0.6 is 23.2 Å². The first-order chi connectivity index (χ1) is 24.0. The third-order valence-electron chi connectivity index (χ3n) is 8.54. The van der Waals surface area contributed by atoms with Crippen LogP contribution in [0.15, 0.2) is 60.7 Å². The lowest BCUT2D eigenvalue weighted by Gasteiger charge is -2.17. The lowest BCUT2D eigenvalue weighted by Crippen LogP contribution is -2.12. The van der Waals surface area contributed by atoms with E-state index in [1.54, 1.807) is 48.5 Å². The molecule has 0 fully saturated rings. The smallest absolute Gasteiger partial charge is 0.439 e. The number of benzene rings is 2. The van der Waals surface area contributed by atoms with Gasteiger partial charge in [-0.25, -0.2) is 14.8 Å². The summed E-state index contributed by atoms with van der Waals surface area (Å²) in [5.41, 5.74) is 9.17. The minimum atomic E-state index is -0.829. The van der Waals surface area contributed by atoms with Gasteiger partial charge in [0.25, 0.3) is 0 Å². The summed E-state index contributed by atoms with van der Waals surface area (Å²) in [5.74, 6) is 2.03. The maximum Gasteiger partial charge on any atom is 0.508 e. The summed E-state index contributed by atoms with van der Waals surface area (Å²) in [4.78, 5) is 32.5. The van der Waals surface area contributed by atoms with Crippen molar-refractivity contribution < 1.29 is 23.7 Å². The molecule has 11 heteroatoms. The number of pyridine rings is 4. The molecule has 2 aromatic carbocycles. The van der Waals surface area contributed by atoms with Gasteiger partial charge < -0.3 is 18.9 Å². The summed E-state index contributed by atoms with van der Waals surface area (Å²) in [7, 11) is 0. The molecule has 4 heterocycles. The first kappa shape index (κ1) is 34.9. The zero-order valence-corrected chi connectivity index (χ0v) is 30.2. The molecular formula is C39H36Cl2N4O5. The fourth-order valence-electron chi connectivity index (χ4n) is 5.72. The summed E-state index contributed by atoms with van der Waals surface area (Å²) >= 11 is 12.1. The molecule has 4 aromatic heterocycles. The third kappa shape index (κ3) is 7.44. The molecule has 50 heavy (non-hydrogen) atoms. The van der Waals surface area contributed by atoms with Gasteiger partial charge >= 0.3 is 6.16 Å². The topological polar surface area (TPSA) is 106 Å². The number of fused-ring (bicyclic) bond motifs is 2. The number of hydrogen-bond acceptors (Lipinski definition) is 9. The fourth-order valence-corrected chi connectivity index (χ4v) is 5.97. The first-order valence-electron chi connectivity index (χ1n) is 16.3. The summed E-state index contributed by atoms with van der Waals surface area (Å²) < 4.78 is 23.6. The van der Waals surface area contributed by atoms with Crippen LogP contribution in [0.25, 0.3) is 22.1 Å². The van der Waals surface area contributed by atoms with Gasteiger partial charge in [0.1, 0.15) is 24.7 Å². The van der Waals surface area contributed by atoms with E-state index in [0.29, 0.717) is 68.2 Å². The highest BCUT2D eigenvalue weighted by atomic mass is 35.5. The van der Waals surface area contributed by atoms with Gasteiger partial charge in [-0.1, -0.05) is 37.0 Å². The van der Waals surface area contributed by atoms with E-state index in [4.69, 9.17) is 62.1 Å². The predicted molar refractivity (Wildman–Crippen MR) is 195 cm³/mol. The molecular weight excluding hydrogens is 675 g/mol. The lowest BCUT2D eigenvalue weighted by molar-refractivity contribution is 0.0448. The molecule has 0 aliphatic carbocycles. The van der Waals surface area contributed by atoms with Crippen LogP contribution in [-0.4, -0.2) is 26.1 Å². The van der Waals surface area contributed by atoms with Crippen LogP contribution in [0.3, 0.4) is 0 Å². The molecule has 0 N–H and O–H groups in total. The van der Waals surface area contributed by atoms with Gasteiger partial charge in [-0.05, 0) is 112 Å². The van der Waals surface area contributed by atoms with Gasteiger partial charge in [0.15, 0.2) is 0 Å². The van der Waals surface area contributed by atoms with Crippen LogP contribution in [0.5, 0.6) is 23.3 Å². The maximum absolute atomic E-state index is 13.2. The Morgan fingerprint density at radius 3 is 1.34 bits per heavy atom. The Morgan fingerprint density at radius 1 is 0.600 bits per heavy atom. The van der Waals surface area contributed by atoms with Crippen molar-refractivity contribution in [2.75, 3.05) is 0 Å². The van der Waals surface area contributed by atoms with Crippen molar-refractivity contribution in [3.63, 3.8) is 0 Å². The molecule has 0 amide bonds. The van der Waals surface area contributed by atoms with Crippen LogP contribution in [0.4, 0.5) is 4.79 Å². The molecule has 0 saturated heterocycles. The van der Waals surface area contributed by atoms with Crippen molar-refractivity contribution in [3.05, 3.63) is 115 Å². The first-order valence-corrected chi connectivity index (χ1v) is 17.1. The number of aromatic nitrogens is 4. The van der Waals surface area contributed by atoms with Crippen LogP contribution in [0.1, 0.15) is 58.6 Å². The monoisotopic (exact) mass is 710 g/mol. The van der Waals surface area contributed by atoms with Gasteiger partial charge in [0, 0.05) is 43.7 Å². The second-order valence-corrected chi connectivity index (χ2v) is 12.8. The van der Waals surface area contributed by atoms with Gasteiger partial charge in [0.2, 0.25) is 11.8 Å². The SMILES string of the molecule is CCc1nc2cc(C)c(Oc3ccc(Cl)cc3)nc2c(COC(=O)OCc2c(C)c(CC)nc3cc(C)c(Oc4ccc(Cl)cc4)nc23)c1C. The molecule has 0 aliphatic rings. The zero-order valence-electron chi connectivity index (χ0n) is 28.7. The largest absolute Gasteiger partial charge is 0.508 e. The van der Waals surface area contributed by atoms with Crippen LogP contribution < -0.4 is 9.47 Å². The molecule has 0 aliphatic heterocycles. The number of carbonyl (C=O) groups excluding carboxylic acids is 1. The van der Waals surface area contributed by atoms with Crippen molar-refractivity contribution in [1.82, 2.24) is 19.9 Å². The Bertz CT molecular complexity index is 2070. The van der Waals surface area contributed by atoms with E-state index in [9.17, 15) is 4.79 Å². The fraction of sp³-hybridized carbons (Fsp3) is 0.256. The second-order valence-electron chi connectivity index (χ2n) is 11.9. The minimum Gasteiger partial charge on any atom is -0.439 e. The van der Waals surface area contributed by atoms with E-state index in [1.807, 2.05) is 53.7 Å². The average Bonchev–Trinajstić information content (AvgIpc) is 3.10. The van der Waals surface area contributed by atoms with Crippen molar-refractivity contribution in [2.24, 2.45) is 0 Å². The van der Waals surface area contributed by atoms with Crippen LogP contribution in [0.2, 0.25) is 10.0 Å². The van der Waals surface area contributed by atoms with Gasteiger partial charge in [-0.3, -0.25) is 9.97 Å². The second kappa shape index (κ2) is 14.9. The molecule has 0 atom stereocenters. The molecule has 0 saturated carbocycles. The highest BCUT2D eigenvalue weighted by molar-refractivity contribution is 6.30. The van der Waals surface area contributed by atoms with E-state index in [-0.39, 0.29) is 13.2 Å². The zero-order chi connectivity index (χ0) is 35.5. The number of carbonyl (C=O) groups is 1. The Kier molecular flexibility index (Phi) is 10.4. The quantitative estimate of drug-likeness (QED) is 0.128. The molecule has 0 bridgehead atoms. The number of halogens is 2. The van der Waals surface area contributed by atoms with Gasteiger partial charge in [-0.2, -0.15) is 0 Å². The molecule has 0 spiro atoms. The van der Waals surface area contributed by atoms with Crippen molar-refractivity contribution in [3.8, 4) is 23.3 Å². The summed E-state index contributed by atoms with van der Waals surface area (Å²) in [5, 5.41) is 1.22. The standard InChI is InChI=1S/C39H36Cl2N4O5/c1-7-31-23(5)29(35-33(42-31)17-21(3)37(44-35)49-27-13-9-25(40)10-14-27)19-47-39(46)48-20-30-24(6)32(8-2)43-34-18-22(4)38(45-36(30)34)50-28-15-11-26(41)12-16-28/h9-18H,7-8,19-20H2,1-6H3. The number of rotatable bonds is 10. The summed E-state index contributed by atoms with van der Waals surface area (Å²) in [6.07, 6.45) is 0.571. The molecule has 0 radical (unpaired) electrons. The van der Waals surface area contributed by atoms with Crippen molar-refractivity contribution in [1.29, 1.82) is 0 Å². The van der Waals surface area contributed by atoms with E-state index >= 15 is 0 Å². The van der Waals surface area contributed by atoms with Gasteiger partial charge in [0.05, 0.1) is 22.1 Å². The van der Waals surface area contributed by atoms with E-state index in [0.717, 1.165) is 44.8 Å². The summed E-state index contributed by atoms with van der Waals surface area (Å²) in [6.45, 7) is 11.7. The van der Waals surface area contributed by atoms with Crippen LogP contribution in [-0.2, 0) is 35.5 Å². The number of hydrogen-bond donors (Lipinski definition) is 0. The molecule has 9 nitrogen and oxygen atoms in total. The van der Waals surface area contributed by atoms with Crippen LogP contribution in [0, 0.1) is 27.7 Å². The number of ether oxygens (including phenoxy) is 4. The molecule has 256 valence electrons. The van der Waals surface area contributed by atoms with E-state index in [1.165, 1.54) is 0 Å². The van der Waals surface area contributed by atoms with E-state index in [2.05, 4.69) is 0 Å². The van der Waals surface area contributed by atoms with Crippen molar-refractivity contribution in [2.45, 2.75) is 67.6 Å². The average molecular weight is 712 g/mol. The highest BCUT2D eigenvalue weighted by Gasteiger charge is 2.20. The Hall–Kier alpha value is -4.99.